The van der Waals surface area contributed by atoms with E-state index in [4.69, 9.17) is 0 Å². The van der Waals surface area contributed by atoms with Gasteiger partial charge in [0.2, 0.25) is 6.54 Å². The lowest BCUT2D eigenvalue weighted by atomic mass is 9.79. The second-order valence-corrected chi connectivity index (χ2v) is 3.92. The van der Waals surface area contributed by atoms with E-state index in [0.29, 0.717) is 18.8 Å². The molecule has 0 saturated heterocycles. The Kier molecular flexibility index (Phi) is 2.67. The van der Waals surface area contributed by atoms with Crippen molar-refractivity contribution in [3.8, 4) is 0 Å². The zero-order valence-corrected chi connectivity index (χ0v) is 7.32. The molecule has 0 heterocycles. The van der Waals surface area contributed by atoms with Gasteiger partial charge in [0, 0.05) is 4.92 Å². The van der Waals surface area contributed by atoms with E-state index < -0.39 is 10.5 Å². The van der Waals surface area contributed by atoms with Gasteiger partial charge in [-0.15, -0.1) is 0 Å². The molecule has 0 radical (unpaired) electrons. The molecule has 1 N–H and O–H groups in total. The zero-order chi connectivity index (χ0) is 9.19. The van der Waals surface area contributed by atoms with Gasteiger partial charge in [0.25, 0.3) is 0 Å². The minimum absolute atomic E-state index is 0.294. The van der Waals surface area contributed by atoms with Gasteiger partial charge in [-0.2, -0.15) is 0 Å². The van der Waals surface area contributed by atoms with Gasteiger partial charge < -0.3 is 5.11 Å². The van der Waals surface area contributed by atoms with Gasteiger partial charge in [0.05, 0.1) is 0 Å². The summed E-state index contributed by atoms with van der Waals surface area (Å²) in [6.07, 6.45) is 3.15. The summed E-state index contributed by atoms with van der Waals surface area (Å²) >= 11 is 0. The Hall–Kier alpha value is -0.640. The first-order valence-corrected chi connectivity index (χ1v) is 4.36. The van der Waals surface area contributed by atoms with Crippen LogP contribution < -0.4 is 0 Å². The number of aliphatic hydroxyl groups is 1. The van der Waals surface area contributed by atoms with E-state index in [-0.39, 0.29) is 6.54 Å². The van der Waals surface area contributed by atoms with E-state index in [9.17, 15) is 15.2 Å². The Morgan fingerprint density at radius 1 is 1.75 bits per heavy atom. The average molecular weight is 173 g/mol. The molecule has 1 aliphatic rings. The van der Waals surface area contributed by atoms with Crippen molar-refractivity contribution in [3.63, 3.8) is 0 Å². The first-order valence-electron chi connectivity index (χ1n) is 4.36. The molecule has 0 spiro atoms. The maximum atomic E-state index is 10.2. The minimum atomic E-state index is -1.03. The summed E-state index contributed by atoms with van der Waals surface area (Å²) < 4.78 is 0. The molecule has 4 heteroatoms. The van der Waals surface area contributed by atoms with Crippen molar-refractivity contribution in [2.24, 2.45) is 5.92 Å². The van der Waals surface area contributed by atoms with E-state index >= 15 is 0 Å². The van der Waals surface area contributed by atoms with Crippen molar-refractivity contribution in [1.82, 2.24) is 0 Å². The quantitative estimate of drug-likeness (QED) is 0.504. The third-order valence-corrected chi connectivity index (χ3v) is 2.49. The van der Waals surface area contributed by atoms with Crippen LogP contribution in [0.3, 0.4) is 0 Å². The Morgan fingerprint density at radius 3 is 2.92 bits per heavy atom. The van der Waals surface area contributed by atoms with Crippen LogP contribution >= 0.6 is 0 Å². The molecule has 0 bridgehead atoms. The number of hydrogen-bond acceptors (Lipinski definition) is 3. The van der Waals surface area contributed by atoms with Gasteiger partial charge in [-0.25, -0.2) is 0 Å². The lowest BCUT2D eigenvalue weighted by molar-refractivity contribution is -0.502. The fourth-order valence-corrected chi connectivity index (χ4v) is 2.02. The topological polar surface area (TPSA) is 63.4 Å². The van der Waals surface area contributed by atoms with Crippen LogP contribution in [-0.4, -0.2) is 22.2 Å². The smallest absolute Gasteiger partial charge is 0.232 e. The molecular formula is C8H15NO3. The van der Waals surface area contributed by atoms with E-state index in [2.05, 4.69) is 0 Å². The number of nitro groups is 1. The Labute approximate surface area is 71.7 Å². The van der Waals surface area contributed by atoms with Crippen molar-refractivity contribution >= 4 is 0 Å². The number of rotatable bonds is 2. The van der Waals surface area contributed by atoms with E-state index in [0.717, 1.165) is 12.8 Å². The molecule has 0 aromatic rings. The lowest BCUT2D eigenvalue weighted by Crippen LogP contribution is -2.41. The van der Waals surface area contributed by atoms with Crippen LogP contribution in [0.5, 0.6) is 0 Å². The van der Waals surface area contributed by atoms with Gasteiger partial charge in [0.15, 0.2) is 0 Å². The first kappa shape index (κ1) is 9.45. The van der Waals surface area contributed by atoms with Crippen molar-refractivity contribution in [2.45, 2.75) is 38.2 Å². The molecule has 2 atom stereocenters. The summed E-state index contributed by atoms with van der Waals surface area (Å²) in [6.45, 7) is 1.74. The van der Waals surface area contributed by atoms with Gasteiger partial charge in [0.1, 0.15) is 5.60 Å². The fourth-order valence-electron chi connectivity index (χ4n) is 2.02. The molecule has 0 aromatic heterocycles. The standard InChI is InChI=1S/C8H15NO3/c1-7-3-2-4-8(10,5-7)6-9(11)12/h7,10H,2-6H2,1H3/t7-,8-/m0/s1. The highest BCUT2D eigenvalue weighted by Crippen LogP contribution is 2.31. The highest BCUT2D eigenvalue weighted by molar-refractivity contribution is 4.84. The third kappa shape index (κ3) is 2.44. The lowest BCUT2D eigenvalue weighted by Gasteiger charge is -2.31. The zero-order valence-electron chi connectivity index (χ0n) is 7.32. The largest absolute Gasteiger partial charge is 0.383 e. The molecule has 0 aromatic carbocycles. The SMILES string of the molecule is C[C@H]1CCC[C@@](O)(C[N+](=O)[O-])C1. The molecule has 1 aliphatic carbocycles. The van der Waals surface area contributed by atoms with E-state index in [1.54, 1.807) is 0 Å². The van der Waals surface area contributed by atoms with Gasteiger partial charge in [-0.3, -0.25) is 10.1 Å². The van der Waals surface area contributed by atoms with Crippen LogP contribution in [0.25, 0.3) is 0 Å². The summed E-state index contributed by atoms with van der Waals surface area (Å²) in [7, 11) is 0. The van der Waals surface area contributed by atoms with Crippen LogP contribution in [0.15, 0.2) is 0 Å². The Balaban J connectivity index is 2.51. The molecule has 1 fully saturated rings. The molecule has 0 amide bonds. The molecular weight excluding hydrogens is 158 g/mol. The molecule has 4 nitrogen and oxygen atoms in total. The van der Waals surface area contributed by atoms with E-state index in [1.807, 2.05) is 6.92 Å². The van der Waals surface area contributed by atoms with Gasteiger partial charge in [-0.1, -0.05) is 19.8 Å². The number of hydrogen-bond donors (Lipinski definition) is 1. The molecule has 0 unspecified atom stereocenters. The summed E-state index contributed by atoms with van der Waals surface area (Å²) in [4.78, 5) is 9.81. The molecule has 1 saturated carbocycles. The van der Waals surface area contributed by atoms with Crippen LogP contribution in [0.2, 0.25) is 0 Å². The van der Waals surface area contributed by atoms with Crippen molar-refractivity contribution in [1.29, 1.82) is 0 Å². The average Bonchev–Trinajstić information content (AvgIpc) is 1.82. The third-order valence-electron chi connectivity index (χ3n) is 2.49. The maximum Gasteiger partial charge on any atom is 0.232 e. The predicted molar refractivity (Wildman–Crippen MR) is 44.4 cm³/mol. The first-order chi connectivity index (χ1) is 5.52. The maximum absolute atomic E-state index is 10.2. The molecule has 70 valence electrons. The van der Waals surface area contributed by atoms with Crippen LogP contribution in [0.1, 0.15) is 32.6 Å². The van der Waals surface area contributed by atoms with Crippen molar-refractivity contribution in [2.75, 3.05) is 6.54 Å². The van der Waals surface area contributed by atoms with Crippen molar-refractivity contribution in [3.05, 3.63) is 10.1 Å². The second kappa shape index (κ2) is 3.39. The summed E-state index contributed by atoms with van der Waals surface area (Å²) in [5, 5.41) is 20.0. The van der Waals surface area contributed by atoms with Crippen LogP contribution in [0.4, 0.5) is 0 Å². The Bertz CT molecular complexity index is 183. The van der Waals surface area contributed by atoms with Crippen LogP contribution in [0, 0.1) is 16.0 Å². The summed E-state index contributed by atoms with van der Waals surface area (Å²) in [5.74, 6) is 0.420. The molecule has 12 heavy (non-hydrogen) atoms. The van der Waals surface area contributed by atoms with Crippen molar-refractivity contribution < 1.29 is 10.0 Å². The normalized spacial score (nSPS) is 36.3. The predicted octanol–water partition coefficient (Wildman–Crippen LogP) is 1.20. The summed E-state index contributed by atoms with van der Waals surface area (Å²) in [6, 6.07) is 0. The van der Waals surface area contributed by atoms with Gasteiger partial charge >= 0.3 is 0 Å². The highest BCUT2D eigenvalue weighted by Gasteiger charge is 2.37. The fraction of sp³-hybridized carbons (Fsp3) is 1.00. The second-order valence-electron chi connectivity index (χ2n) is 3.92. The summed E-state index contributed by atoms with van der Waals surface area (Å²) in [5.41, 5.74) is -1.03. The Morgan fingerprint density at radius 2 is 2.42 bits per heavy atom. The number of nitrogens with zero attached hydrogens (tertiary/aromatic N) is 1. The monoisotopic (exact) mass is 173 g/mol. The van der Waals surface area contributed by atoms with Crippen LogP contribution in [-0.2, 0) is 0 Å². The van der Waals surface area contributed by atoms with Gasteiger partial charge in [-0.05, 0) is 18.8 Å². The van der Waals surface area contributed by atoms with E-state index in [1.165, 1.54) is 0 Å². The minimum Gasteiger partial charge on any atom is -0.383 e. The highest BCUT2D eigenvalue weighted by atomic mass is 16.6. The molecule has 1 rings (SSSR count). The molecule has 0 aliphatic heterocycles.